The Morgan fingerprint density at radius 3 is 2.49 bits per heavy atom. The molecule has 1 aliphatic heterocycles. The molecule has 0 saturated carbocycles. The van der Waals surface area contributed by atoms with Crippen LogP contribution in [0.1, 0.15) is 40.9 Å². The highest BCUT2D eigenvalue weighted by Crippen LogP contribution is 2.37. The molecule has 0 unspecified atom stereocenters. The van der Waals surface area contributed by atoms with Crippen LogP contribution in [0.2, 0.25) is 0 Å². The fourth-order valence-corrected chi connectivity index (χ4v) is 7.00. The van der Waals surface area contributed by atoms with Gasteiger partial charge >= 0.3 is 0 Å². The molecule has 0 N–H and O–H groups in total. The van der Waals surface area contributed by atoms with Gasteiger partial charge in [-0.15, -0.1) is 0 Å². The van der Waals surface area contributed by atoms with Crippen molar-refractivity contribution in [3.63, 3.8) is 0 Å². The summed E-state index contributed by atoms with van der Waals surface area (Å²) in [5, 5.41) is 0.517. The van der Waals surface area contributed by atoms with Crippen LogP contribution in [0.4, 0.5) is 5.13 Å². The van der Waals surface area contributed by atoms with Gasteiger partial charge in [0.1, 0.15) is 11.3 Å². The minimum absolute atomic E-state index is 0.197. The number of fused-ring (bicyclic) bond motifs is 1. The van der Waals surface area contributed by atoms with E-state index in [1.165, 1.54) is 27.8 Å². The standard InChI is InChI=1S/C27H28N4O4S2/c1-19-9-14-23(35-2)24-25(19)36-27(29-24)31(18-21-8-4-5-15-28-21)26(32)20-10-12-22(13-11-20)37(33,34)30-16-6-3-7-17-30/h4-5,8-15H,3,6-7,16-18H2,1-2H3. The van der Waals surface area contributed by atoms with Crippen molar-refractivity contribution in [2.75, 3.05) is 25.1 Å². The molecule has 2 aromatic carbocycles. The van der Waals surface area contributed by atoms with Crippen LogP contribution >= 0.6 is 11.3 Å². The highest BCUT2D eigenvalue weighted by Gasteiger charge is 2.27. The summed E-state index contributed by atoms with van der Waals surface area (Å²) in [5.41, 5.74) is 2.82. The summed E-state index contributed by atoms with van der Waals surface area (Å²) < 4.78 is 34.1. The summed E-state index contributed by atoms with van der Waals surface area (Å²) in [7, 11) is -1.98. The molecule has 2 aromatic heterocycles. The lowest BCUT2D eigenvalue weighted by Gasteiger charge is -2.26. The van der Waals surface area contributed by atoms with Crippen molar-refractivity contribution >= 4 is 42.6 Å². The van der Waals surface area contributed by atoms with Crippen molar-refractivity contribution in [3.8, 4) is 5.75 Å². The molecule has 37 heavy (non-hydrogen) atoms. The average Bonchev–Trinajstić information content (AvgIpc) is 3.39. The summed E-state index contributed by atoms with van der Waals surface area (Å²) in [5.74, 6) is 0.351. The molecule has 3 heterocycles. The number of carbonyl (C=O) groups excluding carboxylic acids is 1. The fourth-order valence-electron chi connectivity index (χ4n) is 4.44. The number of methoxy groups -OCH3 is 1. The number of pyridine rings is 1. The van der Waals surface area contributed by atoms with Gasteiger partial charge in [0, 0.05) is 24.8 Å². The molecule has 0 aliphatic carbocycles. The summed E-state index contributed by atoms with van der Waals surface area (Å²) in [6.07, 6.45) is 4.46. The van der Waals surface area contributed by atoms with Crippen molar-refractivity contribution in [3.05, 3.63) is 77.6 Å². The fraction of sp³-hybridized carbons (Fsp3) is 0.296. The van der Waals surface area contributed by atoms with Gasteiger partial charge in [0.25, 0.3) is 5.91 Å². The second-order valence-corrected chi connectivity index (χ2v) is 11.9. The van der Waals surface area contributed by atoms with Gasteiger partial charge in [-0.1, -0.05) is 29.9 Å². The Balaban J connectivity index is 1.50. The Kier molecular flexibility index (Phi) is 7.23. The highest BCUT2D eigenvalue weighted by molar-refractivity contribution is 7.89. The second kappa shape index (κ2) is 10.6. The number of thiazole rings is 1. The molecule has 4 aromatic rings. The molecule has 1 aliphatic rings. The first kappa shape index (κ1) is 25.3. The van der Waals surface area contributed by atoms with Gasteiger partial charge in [-0.05, 0) is 67.8 Å². The Bertz CT molecular complexity index is 1510. The van der Waals surface area contributed by atoms with Gasteiger partial charge < -0.3 is 4.74 Å². The number of piperidine rings is 1. The zero-order valence-corrected chi connectivity index (χ0v) is 22.4. The van der Waals surface area contributed by atoms with Gasteiger partial charge in [0.15, 0.2) is 5.13 Å². The maximum Gasteiger partial charge on any atom is 0.260 e. The molecule has 10 heteroatoms. The number of hydrogen-bond donors (Lipinski definition) is 0. The van der Waals surface area contributed by atoms with Gasteiger partial charge in [-0.3, -0.25) is 14.7 Å². The molecule has 192 valence electrons. The summed E-state index contributed by atoms with van der Waals surface area (Å²) in [4.78, 5) is 24.8. The summed E-state index contributed by atoms with van der Waals surface area (Å²) in [6, 6.07) is 15.6. The van der Waals surface area contributed by atoms with E-state index in [0.717, 1.165) is 29.5 Å². The van der Waals surface area contributed by atoms with Gasteiger partial charge in [0.05, 0.1) is 28.9 Å². The van der Waals surface area contributed by atoms with Crippen molar-refractivity contribution in [1.29, 1.82) is 0 Å². The quantitative estimate of drug-likeness (QED) is 0.329. The number of carbonyl (C=O) groups is 1. The number of aryl methyl sites for hydroxylation is 1. The average molecular weight is 537 g/mol. The first-order valence-electron chi connectivity index (χ1n) is 12.1. The molecule has 0 spiro atoms. The first-order valence-corrected chi connectivity index (χ1v) is 14.4. The van der Waals surface area contributed by atoms with E-state index in [0.29, 0.717) is 40.7 Å². The molecule has 1 saturated heterocycles. The third-order valence-corrected chi connectivity index (χ3v) is 9.61. The van der Waals surface area contributed by atoms with E-state index in [4.69, 9.17) is 9.72 Å². The van der Waals surface area contributed by atoms with E-state index in [-0.39, 0.29) is 17.3 Å². The topological polar surface area (TPSA) is 92.7 Å². The SMILES string of the molecule is COc1ccc(C)c2sc(N(Cc3ccccn3)C(=O)c3ccc(S(=O)(=O)N4CCCCC4)cc3)nc12. The largest absolute Gasteiger partial charge is 0.494 e. The van der Waals surface area contributed by atoms with E-state index in [1.54, 1.807) is 30.3 Å². The number of hydrogen-bond acceptors (Lipinski definition) is 7. The maximum atomic E-state index is 13.8. The van der Waals surface area contributed by atoms with Crippen molar-refractivity contribution in [1.82, 2.24) is 14.3 Å². The summed E-state index contributed by atoms with van der Waals surface area (Å²) >= 11 is 1.41. The molecule has 8 nitrogen and oxygen atoms in total. The summed E-state index contributed by atoms with van der Waals surface area (Å²) in [6.45, 7) is 3.27. The predicted molar refractivity (Wildman–Crippen MR) is 145 cm³/mol. The lowest BCUT2D eigenvalue weighted by atomic mass is 10.2. The molecular formula is C27H28N4O4S2. The van der Waals surface area contributed by atoms with Crippen LogP contribution in [-0.4, -0.2) is 48.8 Å². The van der Waals surface area contributed by atoms with Crippen LogP contribution < -0.4 is 9.64 Å². The molecular weight excluding hydrogens is 508 g/mol. The Labute approximate surface area is 220 Å². The van der Waals surface area contributed by atoms with E-state index in [1.807, 2.05) is 37.3 Å². The molecule has 1 fully saturated rings. The number of amides is 1. The minimum Gasteiger partial charge on any atom is -0.494 e. The number of anilines is 1. The molecule has 0 bridgehead atoms. The molecule has 0 radical (unpaired) electrons. The highest BCUT2D eigenvalue weighted by atomic mass is 32.2. The molecule has 0 atom stereocenters. The third kappa shape index (κ3) is 5.09. The monoisotopic (exact) mass is 536 g/mol. The van der Waals surface area contributed by atoms with Gasteiger partial charge in [0.2, 0.25) is 10.0 Å². The Morgan fingerprint density at radius 2 is 1.81 bits per heavy atom. The van der Waals surface area contributed by atoms with E-state index in [9.17, 15) is 13.2 Å². The molecule has 5 rings (SSSR count). The normalized spacial score (nSPS) is 14.5. The minimum atomic E-state index is -3.58. The lowest BCUT2D eigenvalue weighted by molar-refractivity contribution is 0.0984. The van der Waals surface area contributed by atoms with Crippen LogP contribution in [0.15, 0.2) is 65.7 Å². The van der Waals surface area contributed by atoms with E-state index < -0.39 is 10.0 Å². The maximum absolute atomic E-state index is 13.8. The number of sulfonamides is 1. The number of ether oxygens (including phenoxy) is 1. The molecule has 1 amide bonds. The Hall–Kier alpha value is -3.34. The van der Waals surface area contributed by atoms with Crippen LogP contribution in [0.3, 0.4) is 0 Å². The lowest BCUT2D eigenvalue weighted by Crippen LogP contribution is -2.35. The van der Waals surface area contributed by atoms with Crippen LogP contribution in [-0.2, 0) is 16.6 Å². The zero-order chi connectivity index (χ0) is 26.0. The smallest absolute Gasteiger partial charge is 0.260 e. The van der Waals surface area contributed by atoms with Crippen LogP contribution in [0.25, 0.3) is 10.2 Å². The number of benzene rings is 2. The zero-order valence-electron chi connectivity index (χ0n) is 20.8. The van der Waals surface area contributed by atoms with Crippen molar-refractivity contribution in [2.24, 2.45) is 0 Å². The van der Waals surface area contributed by atoms with Gasteiger partial charge in [-0.2, -0.15) is 4.31 Å². The Morgan fingerprint density at radius 1 is 1.05 bits per heavy atom. The number of aromatic nitrogens is 2. The number of nitrogens with zero attached hydrogens (tertiary/aromatic N) is 4. The van der Waals surface area contributed by atoms with E-state index in [2.05, 4.69) is 4.98 Å². The van der Waals surface area contributed by atoms with Crippen molar-refractivity contribution in [2.45, 2.75) is 37.6 Å². The second-order valence-electron chi connectivity index (χ2n) is 8.96. The number of rotatable bonds is 7. The van der Waals surface area contributed by atoms with E-state index >= 15 is 0 Å². The van der Waals surface area contributed by atoms with Crippen molar-refractivity contribution < 1.29 is 17.9 Å². The first-order chi connectivity index (χ1) is 17.9. The third-order valence-electron chi connectivity index (χ3n) is 6.49. The van der Waals surface area contributed by atoms with Crippen LogP contribution in [0.5, 0.6) is 5.75 Å². The van der Waals surface area contributed by atoms with Gasteiger partial charge in [-0.25, -0.2) is 13.4 Å². The predicted octanol–water partition coefficient (Wildman–Crippen LogP) is 5.03. The van der Waals surface area contributed by atoms with Crippen LogP contribution in [0, 0.1) is 6.92 Å².